The van der Waals surface area contributed by atoms with Gasteiger partial charge < -0.3 is 14.8 Å². The summed E-state index contributed by atoms with van der Waals surface area (Å²) in [6.45, 7) is 2.98. The van der Waals surface area contributed by atoms with E-state index in [4.69, 9.17) is 9.47 Å². The van der Waals surface area contributed by atoms with E-state index in [9.17, 15) is 4.79 Å². The number of nitrogens with zero attached hydrogens (tertiary/aromatic N) is 1. The normalized spacial score (nSPS) is 11.9. The molecule has 0 unspecified atom stereocenters. The highest BCUT2D eigenvalue weighted by atomic mass is 32.2. The molecule has 6 heteroatoms. The summed E-state index contributed by atoms with van der Waals surface area (Å²) >= 11 is 1.72. The zero-order valence-electron chi connectivity index (χ0n) is 16.6. The number of hydrogen-bond donors (Lipinski definition) is 1. The first-order valence-electron chi connectivity index (χ1n) is 8.79. The van der Waals surface area contributed by atoms with E-state index in [1.165, 1.54) is 10.5 Å². The van der Waals surface area contributed by atoms with Gasteiger partial charge in [0.05, 0.1) is 26.8 Å². The van der Waals surface area contributed by atoms with Crippen LogP contribution < -0.4 is 14.8 Å². The van der Waals surface area contributed by atoms with Crippen LogP contribution in [-0.4, -0.2) is 44.9 Å². The third-order valence-corrected chi connectivity index (χ3v) is 5.05. The second-order valence-corrected chi connectivity index (χ2v) is 7.30. The van der Waals surface area contributed by atoms with Crippen LogP contribution in [0.2, 0.25) is 0 Å². The Kier molecular flexibility index (Phi) is 8.00. The van der Waals surface area contributed by atoms with E-state index in [1.54, 1.807) is 26.0 Å². The van der Waals surface area contributed by atoms with Crippen molar-refractivity contribution in [1.29, 1.82) is 0 Å². The third kappa shape index (κ3) is 6.19. The van der Waals surface area contributed by atoms with Gasteiger partial charge in [-0.3, -0.25) is 9.69 Å². The first kappa shape index (κ1) is 21.1. The van der Waals surface area contributed by atoms with E-state index in [1.807, 2.05) is 37.1 Å². The molecule has 0 saturated heterocycles. The molecule has 0 bridgehead atoms. The van der Waals surface area contributed by atoms with Crippen LogP contribution in [0.25, 0.3) is 0 Å². The quantitative estimate of drug-likeness (QED) is 0.663. The van der Waals surface area contributed by atoms with Gasteiger partial charge in [0.2, 0.25) is 5.91 Å². The molecule has 0 aliphatic heterocycles. The van der Waals surface area contributed by atoms with Gasteiger partial charge in [-0.05, 0) is 56.1 Å². The maximum absolute atomic E-state index is 12.5. The SMILES string of the molecule is COc1ccc(OC)c([C@@H](C)NC(=O)CN(C)Cc2ccc(SC)cc2)c1. The van der Waals surface area contributed by atoms with Crippen LogP contribution in [0.15, 0.2) is 47.4 Å². The Hall–Kier alpha value is -2.18. The lowest BCUT2D eigenvalue weighted by atomic mass is 10.1. The fraction of sp³-hybridized carbons (Fsp3) is 0.381. The number of carbonyl (C=O) groups excluding carboxylic acids is 1. The fourth-order valence-electron chi connectivity index (χ4n) is 2.89. The molecule has 5 nitrogen and oxygen atoms in total. The molecule has 0 aliphatic carbocycles. The zero-order valence-corrected chi connectivity index (χ0v) is 17.4. The maximum Gasteiger partial charge on any atom is 0.234 e. The van der Waals surface area contributed by atoms with Crippen molar-refractivity contribution < 1.29 is 14.3 Å². The first-order valence-corrected chi connectivity index (χ1v) is 10.0. The van der Waals surface area contributed by atoms with E-state index in [0.29, 0.717) is 6.54 Å². The van der Waals surface area contributed by atoms with Crippen LogP contribution in [0.1, 0.15) is 24.1 Å². The third-order valence-electron chi connectivity index (χ3n) is 4.31. The molecule has 0 radical (unpaired) electrons. The number of methoxy groups -OCH3 is 2. The van der Waals surface area contributed by atoms with E-state index in [2.05, 4.69) is 35.8 Å². The van der Waals surface area contributed by atoms with Gasteiger partial charge >= 0.3 is 0 Å². The van der Waals surface area contributed by atoms with Gasteiger partial charge in [-0.2, -0.15) is 0 Å². The molecule has 146 valence electrons. The van der Waals surface area contributed by atoms with Crippen LogP contribution in [0, 0.1) is 0 Å². The smallest absolute Gasteiger partial charge is 0.234 e. The van der Waals surface area contributed by atoms with Gasteiger partial charge in [0.1, 0.15) is 11.5 Å². The molecular weight excluding hydrogens is 360 g/mol. The molecule has 0 aliphatic rings. The largest absolute Gasteiger partial charge is 0.497 e. The average molecular weight is 389 g/mol. The van der Waals surface area contributed by atoms with Crippen molar-refractivity contribution in [3.05, 3.63) is 53.6 Å². The Bertz CT molecular complexity index is 750. The topological polar surface area (TPSA) is 50.8 Å². The molecule has 2 aromatic rings. The highest BCUT2D eigenvalue weighted by molar-refractivity contribution is 7.98. The minimum absolute atomic E-state index is 0.0318. The van der Waals surface area contributed by atoms with Crippen molar-refractivity contribution in [2.75, 3.05) is 34.1 Å². The molecular formula is C21H28N2O3S. The first-order chi connectivity index (χ1) is 13.0. The molecule has 1 N–H and O–H groups in total. The Morgan fingerprint density at radius 2 is 1.85 bits per heavy atom. The lowest BCUT2D eigenvalue weighted by molar-refractivity contribution is -0.122. The highest BCUT2D eigenvalue weighted by Gasteiger charge is 2.16. The van der Waals surface area contributed by atoms with Crippen LogP contribution in [0.3, 0.4) is 0 Å². The Labute approximate surface area is 166 Å². The number of nitrogens with one attached hydrogen (secondary N) is 1. The number of amides is 1. The minimum atomic E-state index is -0.184. The summed E-state index contributed by atoms with van der Waals surface area (Å²) in [6, 6.07) is 13.8. The summed E-state index contributed by atoms with van der Waals surface area (Å²) in [5.74, 6) is 1.43. The summed E-state index contributed by atoms with van der Waals surface area (Å²) < 4.78 is 10.7. The maximum atomic E-state index is 12.5. The van der Waals surface area contributed by atoms with Crippen LogP contribution in [-0.2, 0) is 11.3 Å². The molecule has 1 atom stereocenters. The highest BCUT2D eigenvalue weighted by Crippen LogP contribution is 2.29. The van der Waals surface area contributed by atoms with Crippen molar-refractivity contribution in [2.24, 2.45) is 0 Å². The van der Waals surface area contributed by atoms with Crippen molar-refractivity contribution in [3.63, 3.8) is 0 Å². The molecule has 2 rings (SSSR count). The number of likely N-dealkylation sites (N-methyl/N-ethyl adjacent to an activating group) is 1. The van der Waals surface area contributed by atoms with E-state index < -0.39 is 0 Å². The number of ether oxygens (including phenoxy) is 2. The molecule has 0 saturated carbocycles. The van der Waals surface area contributed by atoms with Gasteiger partial charge in [0, 0.05) is 17.0 Å². The predicted octanol–water partition coefficient (Wildman–Crippen LogP) is 3.73. The second-order valence-electron chi connectivity index (χ2n) is 6.42. The van der Waals surface area contributed by atoms with Gasteiger partial charge in [-0.1, -0.05) is 12.1 Å². The number of hydrogen-bond acceptors (Lipinski definition) is 5. The van der Waals surface area contributed by atoms with Crippen LogP contribution >= 0.6 is 11.8 Å². The summed E-state index contributed by atoms with van der Waals surface area (Å²) in [7, 11) is 5.18. The molecule has 0 aromatic heterocycles. The molecule has 1 amide bonds. The lowest BCUT2D eigenvalue weighted by Crippen LogP contribution is -2.36. The summed E-state index contributed by atoms with van der Waals surface area (Å²) in [5.41, 5.74) is 2.08. The van der Waals surface area contributed by atoms with E-state index in [0.717, 1.165) is 23.6 Å². The summed E-state index contributed by atoms with van der Waals surface area (Å²) in [5, 5.41) is 3.04. The Morgan fingerprint density at radius 1 is 1.15 bits per heavy atom. The van der Waals surface area contributed by atoms with Crippen molar-refractivity contribution >= 4 is 17.7 Å². The monoisotopic (exact) mass is 388 g/mol. The van der Waals surface area contributed by atoms with E-state index >= 15 is 0 Å². The van der Waals surface area contributed by atoms with Gasteiger partial charge in [-0.25, -0.2) is 0 Å². The van der Waals surface area contributed by atoms with Crippen molar-refractivity contribution in [3.8, 4) is 11.5 Å². The molecule has 0 heterocycles. The van der Waals surface area contributed by atoms with Crippen molar-refractivity contribution in [2.45, 2.75) is 24.4 Å². The van der Waals surface area contributed by atoms with Crippen LogP contribution in [0.5, 0.6) is 11.5 Å². The number of carbonyl (C=O) groups is 1. The van der Waals surface area contributed by atoms with Crippen molar-refractivity contribution in [1.82, 2.24) is 10.2 Å². The van der Waals surface area contributed by atoms with E-state index in [-0.39, 0.29) is 11.9 Å². The molecule has 0 spiro atoms. The molecule has 0 fully saturated rings. The molecule has 2 aromatic carbocycles. The molecule has 27 heavy (non-hydrogen) atoms. The Balaban J connectivity index is 1.93. The van der Waals surface area contributed by atoms with Gasteiger partial charge in [0.15, 0.2) is 0 Å². The zero-order chi connectivity index (χ0) is 19.8. The number of rotatable bonds is 9. The van der Waals surface area contributed by atoms with Gasteiger partial charge in [0.25, 0.3) is 0 Å². The second kappa shape index (κ2) is 10.2. The Morgan fingerprint density at radius 3 is 2.44 bits per heavy atom. The standard InChI is InChI=1S/C21H28N2O3S/c1-15(19-12-17(25-3)8-11-20(19)26-4)22-21(24)14-23(2)13-16-6-9-18(27-5)10-7-16/h6-12,15H,13-14H2,1-5H3,(H,22,24)/t15-/m1/s1. The van der Waals surface area contributed by atoms with Gasteiger partial charge in [-0.15, -0.1) is 11.8 Å². The number of thioether (sulfide) groups is 1. The number of benzene rings is 2. The predicted molar refractivity (Wildman–Crippen MR) is 111 cm³/mol. The summed E-state index contributed by atoms with van der Waals surface area (Å²) in [6.07, 6.45) is 2.06. The summed E-state index contributed by atoms with van der Waals surface area (Å²) in [4.78, 5) is 15.7. The lowest BCUT2D eigenvalue weighted by Gasteiger charge is -2.21. The van der Waals surface area contributed by atoms with Crippen LogP contribution in [0.4, 0.5) is 0 Å². The average Bonchev–Trinajstić information content (AvgIpc) is 2.67. The fourth-order valence-corrected chi connectivity index (χ4v) is 3.29. The minimum Gasteiger partial charge on any atom is -0.497 e.